The van der Waals surface area contributed by atoms with Crippen molar-refractivity contribution in [2.75, 3.05) is 0 Å². The fourth-order valence-electron chi connectivity index (χ4n) is 1.00. The molecule has 2 radical (unpaired) electrons. The van der Waals surface area contributed by atoms with Gasteiger partial charge in [0.2, 0.25) is 0 Å². The Morgan fingerprint density at radius 3 is 2.42 bits per heavy atom. The van der Waals surface area contributed by atoms with Crippen molar-refractivity contribution in [3.05, 3.63) is 23.8 Å². The Morgan fingerprint density at radius 1 is 1.42 bits per heavy atom. The zero-order valence-corrected chi connectivity index (χ0v) is 7.56. The average molecular weight is 163 g/mol. The lowest BCUT2D eigenvalue weighted by Crippen LogP contribution is -2.19. The van der Waals surface area contributed by atoms with E-state index in [0.717, 1.165) is 0 Å². The molecule has 0 unspecified atom stereocenters. The summed E-state index contributed by atoms with van der Waals surface area (Å²) in [6, 6.07) is 1.30. The molecule has 0 saturated carbocycles. The lowest BCUT2D eigenvalue weighted by molar-refractivity contribution is 0.504. The van der Waals surface area contributed by atoms with E-state index in [2.05, 4.69) is 4.98 Å². The van der Waals surface area contributed by atoms with E-state index in [1.165, 1.54) is 12.3 Å². The summed E-state index contributed by atoms with van der Waals surface area (Å²) in [4.78, 5) is 3.95. The summed E-state index contributed by atoms with van der Waals surface area (Å²) in [5.74, 6) is -0.331. The second-order valence-corrected chi connectivity index (χ2v) is 3.85. The van der Waals surface area contributed by atoms with E-state index in [4.69, 9.17) is 7.85 Å². The minimum Gasteiger partial charge on any atom is -0.258 e. The molecular formula is C9H11BFN. The third kappa shape index (κ3) is 1.84. The molecule has 1 aromatic heterocycles. The van der Waals surface area contributed by atoms with Gasteiger partial charge < -0.3 is 0 Å². The van der Waals surface area contributed by atoms with Crippen molar-refractivity contribution >= 4 is 13.3 Å². The second kappa shape index (κ2) is 2.89. The molecule has 0 saturated heterocycles. The Hall–Kier alpha value is -0.855. The maximum atomic E-state index is 13.2. The first-order chi connectivity index (χ1) is 5.41. The molecule has 0 atom stereocenters. The minimum atomic E-state index is -0.331. The van der Waals surface area contributed by atoms with Crippen LogP contribution in [0.4, 0.5) is 4.39 Å². The molecule has 3 heteroatoms. The zero-order valence-electron chi connectivity index (χ0n) is 7.56. The van der Waals surface area contributed by atoms with E-state index in [1.807, 2.05) is 20.8 Å². The molecule has 62 valence electrons. The molecule has 0 bridgehead atoms. The van der Waals surface area contributed by atoms with Crippen molar-refractivity contribution in [1.29, 1.82) is 0 Å². The van der Waals surface area contributed by atoms with Crippen molar-refractivity contribution in [1.82, 2.24) is 4.98 Å². The van der Waals surface area contributed by atoms with Gasteiger partial charge in [-0.2, -0.15) is 0 Å². The second-order valence-electron chi connectivity index (χ2n) is 3.85. The van der Waals surface area contributed by atoms with Gasteiger partial charge in [-0.15, -0.1) is 0 Å². The predicted octanol–water partition coefficient (Wildman–Crippen LogP) is 1.31. The first-order valence-electron chi connectivity index (χ1n) is 3.83. The molecule has 0 aliphatic rings. The molecule has 0 aromatic carbocycles. The average Bonchev–Trinajstić information content (AvgIpc) is 1.83. The fraction of sp³-hybridized carbons (Fsp3) is 0.444. The number of aromatic nitrogens is 1. The number of halogens is 1. The Balaban J connectivity index is 3.19. The number of pyridine rings is 1. The van der Waals surface area contributed by atoms with Crippen molar-refractivity contribution in [2.45, 2.75) is 26.2 Å². The topological polar surface area (TPSA) is 12.9 Å². The largest absolute Gasteiger partial charge is 0.258 e. The van der Waals surface area contributed by atoms with Gasteiger partial charge in [-0.3, -0.25) is 4.98 Å². The molecule has 1 rings (SSSR count). The van der Waals surface area contributed by atoms with Crippen LogP contribution in [0.5, 0.6) is 0 Å². The highest BCUT2D eigenvalue weighted by Gasteiger charge is 2.19. The monoisotopic (exact) mass is 163 g/mol. The molecule has 1 nitrogen and oxygen atoms in total. The molecule has 0 aliphatic carbocycles. The maximum absolute atomic E-state index is 13.2. The van der Waals surface area contributed by atoms with Gasteiger partial charge in [0.25, 0.3) is 0 Å². The van der Waals surface area contributed by atoms with Gasteiger partial charge in [-0.25, -0.2) is 4.39 Å². The summed E-state index contributed by atoms with van der Waals surface area (Å²) in [7, 11) is 5.37. The summed E-state index contributed by atoms with van der Waals surface area (Å²) in [5.41, 5.74) is 0.551. The lowest BCUT2D eigenvalue weighted by atomic mass is 9.89. The van der Waals surface area contributed by atoms with E-state index in [9.17, 15) is 4.39 Å². The van der Waals surface area contributed by atoms with Crippen molar-refractivity contribution < 1.29 is 4.39 Å². The van der Waals surface area contributed by atoms with Crippen LogP contribution in [-0.2, 0) is 5.41 Å². The number of rotatable bonds is 0. The summed E-state index contributed by atoms with van der Waals surface area (Å²) >= 11 is 0. The Labute approximate surface area is 73.4 Å². The standard InChI is InChI=1S/C9H11BFN/c1-9(2,3)8-7(11)4-6(10)5-12-8/h4-5H,1-3H3. The van der Waals surface area contributed by atoms with Crippen LogP contribution in [0, 0.1) is 5.82 Å². The molecule has 0 fully saturated rings. The number of hydrogen-bond donors (Lipinski definition) is 0. The van der Waals surface area contributed by atoms with Gasteiger partial charge in [0, 0.05) is 11.6 Å². The molecule has 0 aliphatic heterocycles. The van der Waals surface area contributed by atoms with Crippen LogP contribution in [0.1, 0.15) is 26.5 Å². The Bertz CT molecular complexity index is 291. The van der Waals surface area contributed by atoms with Gasteiger partial charge in [-0.05, 0) is 6.07 Å². The highest BCUT2D eigenvalue weighted by molar-refractivity contribution is 6.32. The van der Waals surface area contributed by atoms with Crippen LogP contribution in [0.15, 0.2) is 12.3 Å². The quantitative estimate of drug-likeness (QED) is 0.525. The first-order valence-corrected chi connectivity index (χ1v) is 3.83. The van der Waals surface area contributed by atoms with Gasteiger partial charge in [0.1, 0.15) is 13.7 Å². The van der Waals surface area contributed by atoms with Crippen molar-refractivity contribution in [3.8, 4) is 0 Å². The van der Waals surface area contributed by atoms with Crippen molar-refractivity contribution in [3.63, 3.8) is 0 Å². The zero-order chi connectivity index (χ0) is 9.35. The van der Waals surface area contributed by atoms with E-state index in [1.54, 1.807) is 0 Å². The predicted molar refractivity (Wildman–Crippen MR) is 48.3 cm³/mol. The molecule has 1 heterocycles. The number of hydrogen-bond acceptors (Lipinski definition) is 1. The summed E-state index contributed by atoms with van der Waals surface area (Å²) in [6.45, 7) is 5.73. The summed E-state index contributed by atoms with van der Waals surface area (Å²) < 4.78 is 13.2. The van der Waals surface area contributed by atoms with Gasteiger partial charge >= 0.3 is 0 Å². The highest BCUT2D eigenvalue weighted by atomic mass is 19.1. The van der Waals surface area contributed by atoms with E-state index >= 15 is 0 Å². The Morgan fingerprint density at radius 2 is 2.00 bits per heavy atom. The van der Waals surface area contributed by atoms with Crippen LogP contribution in [0.2, 0.25) is 0 Å². The van der Waals surface area contributed by atoms with Gasteiger partial charge in [0.05, 0.1) is 5.69 Å². The molecule has 12 heavy (non-hydrogen) atoms. The van der Waals surface area contributed by atoms with Crippen LogP contribution >= 0.6 is 0 Å². The SMILES string of the molecule is [B]c1cnc(C(C)(C)C)c(F)c1. The molecule has 0 N–H and O–H groups in total. The molecular weight excluding hydrogens is 152 g/mol. The van der Waals surface area contributed by atoms with Crippen LogP contribution < -0.4 is 5.46 Å². The van der Waals surface area contributed by atoms with E-state index in [0.29, 0.717) is 11.2 Å². The lowest BCUT2D eigenvalue weighted by Gasteiger charge is -2.18. The van der Waals surface area contributed by atoms with E-state index < -0.39 is 0 Å². The van der Waals surface area contributed by atoms with Gasteiger partial charge in [-0.1, -0.05) is 26.2 Å². The third-order valence-corrected chi connectivity index (χ3v) is 1.57. The van der Waals surface area contributed by atoms with Crippen molar-refractivity contribution in [2.24, 2.45) is 0 Å². The third-order valence-electron chi connectivity index (χ3n) is 1.57. The van der Waals surface area contributed by atoms with Crippen LogP contribution in [0.25, 0.3) is 0 Å². The number of nitrogens with zero attached hydrogens (tertiary/aromatic N) is 1. The summed E-state index contributed by atoms with van der Waals surface area (Å²) in [5, 5.41) is 0. The maximum Gasteiger partial charge on any atom is 0.144 e. The molecule has 0 amide bonds. The first kappa shape index (κ1) is 9.23. The smallest absolute Gasteiger partial charge is 0.144 e. The summed E-state index contributed by atoms with van der Waals surface area (Å²) in [6.07, 6.45) is 1.48. The molecule has 0 spiro atoms. The fourth-order valence-corrected chi connectivity index (χ4v) is 1.00. The minimum absolute atomic E-state index is 0.266. The Kier molecular flexibility index (Phi) is 2.22. The van der Waals surface area contributed by atoms with Crippen LogP contribution in [-0.4, -0.2) is 12.8 Å². The van der Waals surface area contributed by atoms with E-state index in [-0.39, 0.29) is 11.2 Å². The van der Waals surface area contributed by atoms with Crippen LogP contribution in [0.3, 0.4) is 0 Å². The normalized spacial score (nSPS) is 11.7. The highest BCUT2D eigenvalue weighted by Crippen LogP contribution is 2.21. The molecule has 1 aromatic rings. The van der Waals surface area contributed by atoms with Gasteiger partial charge in [0.15, 0.2) is 0 Å².